The Morgan fingerprint density at radius 1 is 1.03 bits per heavy atom. The van der Waals surface area contributed by atoms with Gasteiger partial charge in [0.2, 0.25) is 11.8 Å². The number of carbonyl (C=O) groups excluding carboxylic acids is 2. The number of hydrogen-bond acceptors (Lipinski definition) is 5. The molecule has 7 nitrogen and oxygen atoms in total. The van der Waals surface area contributed by atoms with Gasteiger partial charge in [0, 0.05) is 19.1 Å². The van der Waals surface area contributed by atoms with E-state index < -0.39 is 21.8 Å². The molecule has 2 amide bonds. The molecule has 1 unspecified atom stereocenters. The Hall–Kier alpha value is -2.71. The van der Waals surface area contributed by atoms with Crippen LogP contribution in [0.25, 0.3) is 0 Å². The van der Waals surface area contributed by atoms with Crippen LogP contribution in [0, 0.1) is 0 Å². The molecule has 0 radical (unpaired) electrons. The van der Waals surface area contributed by atoms with E-state index in [-0.39, 0.29) is 30.0 Å². The fourth-order valence-electron chi connectivity index (χ4n) is 4.51. The highest BCUT2D eigenvalue weighted by Crippen LogP contribution is 2.25. The third-order valence-corrected chi connectivity index (χ3v) is 7.93. The summed E-state index contributed by atoms with van der Waals surface area (Å²) in [5, 5.41) is 0. The maximum absolute atomic E-state index is 13.4. The van der Waals surface area contributed by atoms with E-state index in [1.54, 1.807) is 4.90 Å². The Morgan fingerprint density at radius 2 is 1.71 bits per heavy atom. The van der Waals surface area contributed by atoms with Gasteiger partial charge in [0.15, 0.2) is 9.84 Å². The van der Waals surface area contributed by atoms with E-state index in [2.05, 4.69) is 0 Å². The molecule has 2 aliphatic rings. The molecule has 1 saturated heterocycles. The van der Waals surface area contributed by atoms with Crippen LogP contribution in [0.5, 0.6) is 0 Å². The molecule has 0 bridgehead atoms. The van der Waals surface area contributed by atoms with Gasteiger partial charge in [-0.05, 0) is 29.5 Å². The van der Waals surface area contributed by atoms with Gasteiger partial charge in [-0.2, -0.15) is 0 Å². The highest BCUT2D eigenvalue weighted by atomic mass is 32.2. The highest BCUT2D eigenvalue weighted by molar-refractivity contribution is 7.91. The number of rotatable bonds is 6. The average molecular weight is 442 g/mol. The summed E-state index contributed by atoms with van der Waals surface area (Å²) in [5.74, 6) is -0.567. The summed E-state index contributed by atoms with van der Waals surface area (Å²) in [6.07, 6.45) is 0.901. The summed E-state index contributed by atoms with van der Waals surface area (Å²) in [5.41, 5.74) is 8.75. The number of nitrogens with zero attached hydrogens (tertiary/aromatic N) is 2. The minimum atomic E-state index is -3.15. The van der Waals surface area contributed by atoms with E-state index in [1.165, 1.54) is 0 Å². The quantitative estimate of drug-likeness (QED) is 0.724. The standard InChI is InChI=1S/C23H27N3O4S/c24-23(28)21-12-18-8-4-5-9-19(18)14-25(21)15-22(27)26(13-17-6-2-1-3-7-17)20-10-11-31(29,30)16-20/h1-9,20-21H,10-16H2,(H2,24,28)/t20?,21-/m0/s1. The second-order valence-electron chi connectivity index (χ2n) is 8.36. The van der Waals surface area contributed by atoms with Crippen LogP contribution in [0.3, 0.4) is 0 Å². The van der Waals surface area contributed by atoms with Gasteiger partial charge in [-0.15, -0.1) is 0 Å². The van der Waals surface area contributed by atoms with Gasteiger partial charge in [-0.25, -0.2) is 8.42 Å². The van der Waals surface area contributed by atoms with Crippen LogP contribution in [0.4, 0.5) is 0 Å². The second-order valence-corrected chi connectivity index (χ2v) is 10.6. The van der Waals surface area contributed by atoms with Gasteiger partial charge in [0.05, 0.1) is 24.1 Å². The summed E-state index contributed by atoms with van der Waals surface area (Å²) < 4.78 is 24.2. The van der Waals surface area contributed by atoms with Crippen molar-refractivity contribution in [3.63, 3.8) is 0 Å². The Labute approximate surface area is 182 Å². The third-order valence-electron chi connectivity index (χ3n) is 6.18. The average Bonchev–Trinajstić information content (AvgIpc) is 3.11. The zero-order chi connectivity index (χ0) is 22.0. The second kappa shape index (κ2) is 8.80. The van der Waals surface area contributed by atoms with E-state index in [4.69, 9.17) is 5.73 Å². The van der Waals surface area contributed by atoms with Gasteiger partial charge in [-0.3, -0.25) is 14.5 Å². The van der Waals surface area contributed by atoms with Crippen molar-refractivity contribution in [3.05, 3.63) is 71.3 Å². The van der Waals surface area contributed by atoms with Gasteiger partial charge in [0.25, 0.3) is 0 Å². The summed E-state index contributed by atoms with van der Waals surface area (Å²) in [7, 11) is -3.15. The summed E-state index contributed by atoms with van der Waals surface area (Å²) in [6.45, 7) is 0.814. The first kappa shape index (κ1) is 21.5. The molecule has 0 saturated carbocycles. The lowest BCUT2D eigenvalue weighted by Gasteiger charge is -2.37. The molecule has 0 aliphatic carbocycles. The molecule has 2 heterocycles. The Morgan fingerprint density at radius 3 is 2.35 bits per heavy atom. The Kier molecular flexibility index (Phi) is 6.11. The van der Waals surface area contributed by atoms with Crippen molar-refractivity contribution in [2.75, 3.05) is 18.1 Å². The van der Waals surface area contributed by atoms with Crippen molar-refractivity contribution in [2.24, 2.45) is 5.73 Å². The number of hydrogen-bond donors (Lipinski definition) is 1. The predicted molar refractivity (Wildman–Crippen MR) is 118 cm³/mol. The lowest BCUT2D eigenvalue weighted by Crippen LogP contribution is -2.53. The maximum atomic E-state index is 13.4. The van der Waals surface area contributed by atoms with E-state index in [9.17, 15) is 18.0 Å². The molecule has 2 aromatic rings. The lowest BCUT2D eigenvalue weighted by molar-refractivity contribution is -0.137. The van der Waals surface area contributed by atoms with E-state index in [0.29, 0.717) is 25.9 Å². The van der Waals surface area contributed by atoms with Crippen molar-refractivity contribution < 1.29 is 18.0 Å². The molecule has 1 fully saturated rings. The minimum Gasteiger partial charge on any atom is -0.368 e. The molecule has 8 heteroatoms. The largest absolute Gasteiger partial charge is 0.368 e. The van der Waals surface area contributed by atoms with Gasteiger partial charge < -0.3 is 10.6 Å². The molecule has 0 spiro atoms. The molecular formula is C23H27N3O4S. The van der Waals surface area contributed by atoms with Crippen molar-refractivity contribution in [2.45, 2.75) is 38.0 Å². The number of benzene rings is 2. The molecule has 2 N–H and O–H groups in total. The van der Waals surface area contributed by atoms with Crippen LogP contribution >= 0.6 is 0 Å². The van der Waals surface area contributed by atoms with Crippen molar-refractivity contribution in [3.8, 4) is 0 Å². The number of primary amides is 1. The molecule has 2 aromatic carbocycles. The number of carbonyl (C=O) groups is 2. The first-order valence-electron chi connectivity index (χ1n) is 10.5. The molecule has 2 atom stereocenters. The van der Waals surface area contributed by atoms with Gasteiger partial charge in [-0.1, -0.05) is 54.6 Å². The number of nitrogens with two attached hydrogens (primary N) is 1. The van der Waals surface area contributed by atoms with Crippen molar-refractivity contribution in [1.29, 1.82) is 0 Å². The zero-order valence-electron chi connectivity index (χ0n) is 17.3. The van der Waals surface area contributed by atoms with E-state index in [1.807, 2.05) is 59.5 Å². The van der Waals surface area contributed by atoms with Gasteiger partial charge in [0.1, 0.15) is 0 Å². The van der Waals surface area contributed by atoms with Crippen LogP contribution in [-0.2, 0) is 38.9 Å². The molecule has 2 aliphatic heterocycles. The molecule has 31 heavy (non-hydrogen) atoms. The first-order valence-corrected chi connectivity index (χ1v) is 12.3. The molecule has 4 rings (SSSR count). The minimum absolute atomic E-state index is 0.0192. The van der Waals surface area contributed by atoms with Crippen LogP contribution < -0.4 is 5.73 Å². The number of fused-ring (bicyclic) bond motifs is 1. The van der Waals surface area contributed by atoms with Crippen LogP contribution in [0.2, 0.25) is 0 Å². The van der Waals surface area contributed by atoms with Crippen LogP contribution in [-0.4, -0.2) is 60.2 Å². The molecular weight excluding hydrogens is 414 g/mol. The SMILES string of the molecule is NC(=O)[C@@H]1Cc2ccccc2CN1CC(=O)N(Cc1ccccc1)C1CCS(=O)(=O)C1. The van der Waals surface area contributed by atoms with Crippen LogP contribution in [0.1, 0.15) is 23.1 Å². The Balaban J connectivity index is 1.56. The smallest absolute Gasteiger partial charge is 0.237 e. The molecule has 164 valence electrons. The van der Waals surface area contributed by atoms with E-state index >= 15 is 0 Å². The zero-order valence-corrected chi connectivity index (χ0v) is 18.1. The van der Waals surface area contributed by atoms with E-state index in [0.717, 1.165) is 16.7 Å². The molecule has 0 aromatic heterocycles. The van der Waals surface area contributed by atoms with Crippen molar-refractivity contribution in [1.82, 2.24) is 9.80 Å². The van der Waals surface area contributed by atoms with Crippen LogP contribution in [0.15, 0.2) is 54.6 Å². The number of sulfone groups is 1. The lowest BCUT2D eigenvalue weighted by atomic mass is 9.93. The fraction of sp³-hybridized carbons (Fsp3) is 0.391. The summed E-state index contributed by atoms with van der Waals surface area (Å²) in [4.78, 5) is 29.0. The summed E-state index contributed by atoms with van der Waals surface area (Å²) >= 11 is 0. The third kappa shape index (κ3) is 4.97. The number of amides is 2. The predicted octanol–water partition coefficient (Wildman–Crippen LogP) is 1.11. The normalized spacial score (nSPS) is 22.6. The van der Waals surface area contributed by atoms with Crippen molar-refractivity contribution >= 4 is 21.7 Å². The Bertz CT molecular complexity index is 1070. The summed E-state index contributed by atoms with van der Waals surface area (Å²) in [6, 6.07) is 16.5. The topological polar surface area (TPSA) is 101 Å². The highest BCUT2D eigenvalue weighted by Gasteiger charge is 2.37. The fourth-order valence-corrected chi connectivity index (χ4v) is 6.24. The first-order chi connectivity index (χ1) is 14.8. The van der Waals surface area contributed by atoms with Gasteiger partial charge >= 0.3 is 0 Å². The maximum Gasteiger partial charge on any atom is 0.237 e. The monoisotopic (exact) mass is 441 g/mol.